The number of fused-ring (bicyclic) bond motifs is 1. The van der Waals surface area contributed by atoms with Crippen LogP contribution in [-0.2, 0) is 0 Å². The molecule has 2 aromatic rings. The van der Waals surface area contributed by atoms with Gasteiger partial charge in [-0.25, -0.2) is 15.0 Å². The summed E-state index contributed by atoms with van der Waals surface area (Å²) in [6, 6.07) is 1.68. The highest BCUT2D eigenvalue weighted by Gasteiger charge is 2.18. The lowest BCUT2D eigenvalue weighted by atomic mass is 10.3. The first kappa shape index (κ1) is 9.33. The van der Waals surface area contributed by atoms with Crippen LogP contribution in [-0.4, -0.2) is 33.1 Å². The number of anilines is 1. The minimum Gasteiger partial charge on any atom is -0.504 e. The Morgan fingerprint density at radius 2 is 2.06 bits per heavy atom. The van der Waals surface area contributed by atoms with Crippen molar-refractivity contribution in [3.05, 3.63) is 18.6 Å². The summed E-state index contributed by atoms with van der Waals surface area (Å²) in [5.41, 5.74) is 0.634. The van der Waals surface area contributed by atoms with Gasteiger partial charge in [0.2, 0.25) is 0 Å². The second-order valence-corrected chi connectivity index (χ2v) is 3.96. The Morgan fingerprint density at radius 3 is 2.88 bits per heavy atom. The highest BCUT2D eigenvalue weighted by molar-refractivity contribution is 5.78. The quantitative estimate of drug-likeness (QED) is 0.779. The molecule has 0 radical (unpaired) electrons. The molecule has 5 nitrogen and oxygen atoms in total. The zero-order chi connectivity index (χ0) is 11.0. The molecule has 0 spiro atoms. The molecule has 0 aliphatic carbocycles. The molecular formula is C11H12N4O. The van der Waals surface area contributed by atoms with Gasteiger partial charge in [0.15, 0.2) is 17.2 Å². The monoisotopic (exact) mass is 216 g/mol. The van der Waals surface area contributed by atoms with Crippen LogP contribution in [0.15, 0.2) is 18.6 Å². The standard InChI is InChI=1S/C11H12N4O/c16-9-5-8-6-12-7-13-10(8)14-11(9)15-3-1-2-4-15/h5-7,16H,1-4H2. The molecule has 1 N–H and O–H groups in total. The maximum atomic E-state index is 9.91. The summed E-state index contributed by atoms with van der Waals surface area (Å²) in [7, 11) is 0. The van der Waals surface area contributed by atoms with E-state index in [0.717, 1.165) is 31.3 Å². The van der Waals surface area contributed by atoms with Gasteiger partial charge in [0, 0.05) is 24.7 Å². The molecule has 5 heteroatoms. The van der Waals surface area contributed by atoms with E-state index in [-0.39, 0.29) is 5.75 Å². The molecule has 16 heavy (non-hydrogen) atoms. The molecule has 0 unspecified atom stereocenters. The Kier molecular flexibility index (Phi) is 2.09. The topological polar surface area (TPSA) is 62.1 Å². The summed E-state index contributed by atoms with van der Waals surface area (Å²) < 4.78 is 0. The molecule has 0 aromatic carbocycles. The molecule has 3 heterocycles. The maximum Gasteiger partial charge on any atom is 0.173 e. The fraction of sp³-hybridized carbons (Fsp3) is 0.364. The van der Waals surface area contributed by atoms with Gasteiger partial charge in [-0.3, -0.25) is 0 Å². The number of nitrogens with zero attached hydrogens (tertiary/aromatic N) is 4. The van der Waals surface area contributed by atoms with Gasteiger partial charge in [-0.1, -0.05) is 0 Å². The van der Waals surface area contributed by atoms with E-state index in [1.54, 1.807) is 12.3 Å². The third-order valence-corrected chi connectivity index (χ3v) is 2.86. The number of hydrogen-bond acceptors (Lipinski definition) is 5. The van der Waals surface area contributed by atoms with Crippen LogP contribution in [0.5, 0.6) is 5.75 Å². The van der Waals surface area contributed by atoms with Crippen molar-refractivity contribution in [2.45, 2.75) is 12.8 Å². The van der Waals surface area contributed by atoms with Gasteiger partial charge < -0.3 is 10.0 Å². The third kappa shape index (κ3) is 1.44. The lowest BCUT2D eigenvalue weighted by Gasteiger charge is -2.17. The van der Waals surface area contributed by atoms with Gasteiger partial charge in [0.25, 0.3) is 0 Å². The molecule has 2 aromatic heterocycles. The molecule has 1 aliphatic rings. The first-order valence-corrected chi connectivity index (χ1v) is 5.39. The number of aromatic hydroxyl groups is 1. The summed E-state index contributed by atoms with van der Waals surface area (Å²) in [6.45, 7) is 1.91. The maximum absolute atomic E-state index is 9.91. The molecule has 82 valence electrons. The van der Waals surface area contributed by atoms with Gasteiger partial charge in [0.05, 0.1) is 0 Å². The van der Waals surface area contributed by atoms with Crippen LogP contribution in [0.1, 0.15) is 12.8 Å². The minimum absolute atomic E-state index is 0.212. The van der Waals surface area contributed by atoms with E-state index in [1.807, 2.05) is 0 Å². The SMILES string of the molecule is Oc1cc2cncnc2nc1N1CCCC1. The predicted molar refractivity (Wildman–Crippen MR) is 60.4 cm³/mol. The predicted octanol–water partition coefficient (Wildman–Crippen LogP) is 1.33. The average Bonchev–Trinajstić information content (AvgIpc) is 2.81. The van der Waals surface area contributed by atoms with Gasteiger partial charge >= 0.3 is 0 Å². The van der Waals surface area contributed by atoms with Gasteiger partial charge in [-0.05, 0) is 18.9 Å². The zero-order valence-corrected chi connectivity index (χ0v) is 8.80. The Balaban J connectivity index is 2.13. The summed E-state index contributed by atoms with van der Waals surface area (Å²) in [6.07, 6.45) is 5.44. The van der Waals surface area contributed by atoms with Crippen molar-refractivity contribution >= 4 is 16.9 Å². The fourth-order valence-electron chi connectivity index (χ4n) is 2.06. The van der Waals surface area contributed by atoms with Crippen LogP contribution in [0.25, 0.3) is 11.0 Å². The van der Waals surface area contributed by atoms with E-state index in [9.17, 15) is 5.11 Å². The van der Waals surface area contributed by atoms with Crippen LogP contribution in [0, 0.1) is 0 Å². The van der Waals surface area contributed by atoms with E-state index in [4.69, 9.17) is 0 Å². The highest BCUT2D eigenvalue weighted by Crippen LogP contribution is 2.29. The van der Waals surface area contributed by atoms with Gasteiger partial charge in [-0.15, -0.1) is 0 Å². The Labute approximate surface area is 92.8 Å². The molecule has 1 aliphatic heterocycles. The minimum atomic E-state index is 0.212. The lowest BCUT2D eigenvalue weighted by Crippen LogP contribution is -2.19. The summed E-state index contributed by atoms with van der Waals surface area (Å²) in [4.78, 5) is 14.5. The van der Waals surface area contributed by atoms with Crippen LogP contribution in [0.2, 0.25) is 0 Å². The van der Waals surface area contributed by atoms with Crippen LogP contribution < -0.4 is 4.90 Å². The Morgan fingerprint density at radius 1 is 1.25 bits per heavy atom. The number of aromatic nitrogens is 3. The summed E-state index contributed by atoms with van der Waals surface area (Å²) in [5, 5.41) is 10.7. The summed E-state index contributed by atoms with van der Waals surface area (Å²) in [5.74, 6) is 0.855. The highest BCUT2D eigenvalue weighted by atomic mass is 16.3. The number of pyridine rings is 1. The van der Waals surface area contributed by atoms with Gasteiger partial charge in [-0.2, -0.15) is 0 Å². The van der Waals surface area contributed by atoms with E-state index in [1.165, 1.54) is 6.33 Å². The second kappa shape index (κ2) is 3.59. The first-order valence-electron chi connectivity index (χ1n) is 5.39. The molecule has 1 saturated heterocycles. The van der Waals surface area contributed by atoms with Crippen molar-refractivity contribution in [2.24, 2.45) is 0 Å². The lowest BCUT2D eigenvalue weighted by molar-refractivity contribution is 0.473. The summed E-state index contributed by atoms with van der Waals surface area (Å²) >= 11 is 0. The average molecular weight is 216 g/mol. The van der Waals surface area contributed by atoms with Crippen molar-refractivity contribution < 1.29 is 5.11 Å². The van der Waals surface area contributed by atoms with Crippen molar-refractivity contribution in [3.8, 4) is 5.75 Å². The van der Waals surface area contributed by atoms with Crippen LogP contribution >= 0.6 is 0 Å². The molecule has 3 rings (SSSR count). The number of hydrogen-bond donors (Lipinski definition) is 1. The Bertz CT molecular complexity index is 522. The molecular weight excluding hydrogens is 204 g/mol. The van der Waals surface area contributed by atoms with E-state index in [2.05, 4.69) is 19.9 Å². The molecule has 1 fully saturated rings. The fourth-order valence-corrected chi connectivity index (χ4v) is 2.06. The molecule has 0 atom stereocenters. The van der Waals surface area contributed by atoms with E-state index >= 15 is 0 Å². The molecule has 0 bridgehead atoms. The zero-order valence-electron chi connectivity index (χ0n) is 8.80. The van der Waals surface area contributed by atoms with Crippen LogP contribution in [0.3, 0.4) is 0 Å². The van der Waals surface area contributed by atoms with Gasteiger partial charge in [0.1, 0.15) is 6.33 Å². The van der Waals surface area contributed by atoms with Crippen molar-refractivity contribution in [1.82, 2.24) is 15.0 Å². The second-order valence-electron chi connectivity index (χ2n) is 3.96. The molecule has 0 amide bonds. The van der Waals surface area contributed by atoms with Crippen molar-refractivity contribution in [3.63, 3.8) is 0 Å². The smallest absolute Gasteiger partial charge is 0.173 e. The van der Waals surface area contributed by atoms with E-state index in [0.29, 0.717) is 11.5 Å². The van der Waals surface area contributed by atoms with Crippen molar-refractivity contribution in [2.75, 3.05) is 18.0 Å². The number of rotatable bonds is 1. The third-order valence-electron chi connectivity index (χ3n) is 2.86. The Hall–Kier alpha value is -1.91. The van der Waals surface area contributed by atoms with E-state index < -0.39 is 0 Å². The molecule has 0 saturated carbocycles. The van der Waals surface area contributed by atoms with Crippen LogP contribution in [0.4, 0.5) is 5.82 Å². The normalized spacial score (nSPS) is 15.9. The van der Waals surface area contributed by atoms with Crippen molar-refractivity contribution in [1.29, 1.82) is 0 Å². The first-order chi connectivity index (χ1) is 7.84. The largest absolute Gasteiger partial charge is 0.504 e.